The predicted molar refractivity (Wildman–Crippen MR) is 355 cm³/mol. The van der Waals surface area contributed by atoms with Crippen molar-refractivity contribution in [2.45, 2.75) is 351 Å². The highest BCUT2D eigenvalue weighted by Gasteiger charge is 2.51. The largest absolute Gasteiger partial charge is 0.394 e. The molecule has 0 aliphatic carbocycles. The molecule has 12 atom stereocenters. The van der Waals surface area contributed by atoms with E-state index in [1.54, 1.807) is 6.08 Å². The van der Waals surface area contributed by atoms with Gasteiger partial charge in [0, 0.05) is 6.42 Å². The van der Waals surface area contributed by atoms with Crippen LogP contribution in [-0.4, -0.2) is 140 Å². The molecule has 2 aliphatic rings. The first-order chi connectivity index (χ1) is 42.6. The Balaban J connectivity index is 1.70. The first-order valence-corrected chi connectivity index (χ1v) is 35.3. The number of allylic oxidation sites excluding steroid dienone is 13. The van der Waals surface area contributed by atoms with E-state index in [4.69, 9.17) is 18.9 Å². The van der Waals surface area contributed by atoms with Crippen molar-refractivity contribution in [1.29, 1.82) is 0 Å². The summed E-state index contributed by atoms with van der Waals surface area (Å²) in [7, 11) is 0. The Kier molecular flexibility index (Phi) is 52.7. The van der Waals surface area contributed by atoms with Crippen molar-refractivity contribution in [3.05, 3.63) is 85.1 Å². The summed E-state index contributed by atoms with van der Waals surface area (Å²) in [6.07, 6.45) is 62.1. The molecule has 12 unspecified atom stereocenters. The van der Waals surface area contributed by atoms with Crippen molar-refractivity contribution >= 4 is 5.91 Å². The molecule has 0 aromatic heterocycles. The second-order valence-corrected chi connectivity index (χ2v) is 24.6. The van der Waals surface area contributed by atoms with Gasteiger partial charge in [0.05, 0.1) is 32.0 Å². The molecule has 2 fully saturated rings. The Hall–Kier alpha value is -2.83. The van der Waals surface area contributed by atoms with E-state index in [1.807, 2.05) is 6.08 Å². The lowest BCUT2D eigenvalue weighted by Gasteiger charge is -2.46. The van der Waals surface area contributed by atoms with E-state index in [0.29, 0.717) is 6.42 Å². The van der Waals surface area contributed by atoms with Gasteiger partial charge >= 0.3 is 0 Å². The summed E-state index contributed by atoms with van der Waals surface area (Å²) >= 11 is 0. The van der Waals surface area contributed by atoms with Crippen LogP contribution in [0.15, 0.2) is 85.1 Å². The average Bonchev–Trinajstić information content (AvgIpc) is 2.33. The average molecular weight is 1230 g/mol. The number of aliphatic hydroxyl groups excluding tert-OH is 8. The summed E-state index contributed by atoms with van der Waals surface area (Å²) in [4.78, 5) is 13.3. The minimum atomic E-state index is -1.80. The van der Waals surface area contributed by atoms with Crippen molar-refractivity contribution in [1.82, 2.24) is 5.32 Å². The summed E-state index contributed by atoms with van der Waals surface area (Å²) in [5, 5.41) is 87.4. The molecule has 9 N–H and O–H groups in total. The zero-order valence-electron chi connectivity index (χ0n) is 54.7. The van der Waals surface area contributed by atoms with E-state index in [2.05, 4.69) is 92.1 Å². The number of ether oxygens (including phenoxy) is 4. The Morgan fingerprint density at radius 2 is 0.793 bits per heavy atom. The maximum atomic E-state index is 13.3. The first kappa shape index (κ1) is 80.3. The minimum Gasteiger partial charge on any atom is -0.394 e. The number of amides is 1. The Morgan fingerprint density at radius 1 is 0.425 bits per heavy atom. The number of hydrogen-bond donors (Lipinski definition) is 9. The number of nitrogens with one attached hydrogen (secondary N) is 1. The zero-order valence-corrected chi connectivity index (χ0v) is 54.7. The molecule has 0 saturated carbocycles. The van der Waals surface area contributed by atoms with Gasteiger partial charge in [-0.3, -0.25) is 4.79 Å². The van der Waals surface area contributed by atoms with Gasteiger partial charge in [0.25, 0.3) is 0 Å². The maximum absolute atomic E-state index is 13.3. The minimum absolute atomic E-state index is 0.247. The van der Waals surface area contributed by atoms with Crippen LogP contribution in [0.4, 0.5) is 0 Å². The monoisotopic (exact) mass is 1230 g/mol. The van der Waals surface area contributed by atoms with E-state index in [1.165, 1.54) is 167 Å². The summed E-state index contributed by atoms with van der Waals surface area (Å²) < 4.78 is 22.8. The molecule has 2 aliphatic heterocycles. The topological polar surface area (TPSA) is 228 Å². The van der Waals surface area contributed by atoms with E-state index in [-0.39, 0.29) is 18.9 Å². The number of hydrogen-bond acceptors (Lipinski definition) is 13. The third-order valence-corrected chi connectivity index (χ3v) is 16.8. The molecule has 14 heteroatoms. The van der Waals surface area contributed by atoms with Crippen molar-refractivity contribution in [2.75, 3.05) is 19.8 Å². The van der Waals surface area contributed by atoms with Crippen LogP contribution >= 0.6 is 0 Å². The maximum Gasteiger partial charge on any atom is 0.220 e. The number of unbranched alkanes of at least 4 members (excludes halogenated alkanes) is 32. The molecular weight excluding hydrogens is 1100 g/mol. The third kappa shape index (κ3) is 41.3. The fourth-order valence-electron chi connectivity index (χ4n) is 11.2. The highest BCUT2D eigenvalue weighted by molar-refractivity contribution is 5.76. The molecule has 87 heavy (non-hydrogen) atoms. The normalized spacial score (nSPS) is 23.8. The molecule has 0 radical (unpaired) electrons. The fraction of sp³-hybridized carbons (Fsp3) is 0.795. The second-order valence-electron chi connectivity index (χ2n) is 24.6. The van der Waals surface area contributed by atoms with Crippen molar-refractivity contribution in [3.63, 3.8) is 0 Å². The number of rotatable bonds is 57. The van der Waals surface area contributed by atoms with Gasteiger partial charge in [0.2, 0.25) is 5.91 Å². The van der Waals surface area contributed by atoms with Gasteiger partial charge in [-0.2, -0.15) is 0 Å². The van der Waals surface area contributed by atoms with E-state index < -0.39 is 86.8 Å². The van der Waals surface area contributed by atoms with Crippen molar-refractivity contribution in [3.8, 4) is 0 Å². The van der Waals surface area contributed by atoms with E-state index >= 15 is 0 Å². The van der Waals surface area contributed by atoms with Gasteiger partial charge < -0.3 is 65.1 Å². The quantitative estimate of drug-likeness (QED) is 0.0204. The Bertz CT molecular complexity index is 1780. The predicted octanol–water partition coefficient (Wildman–Crippen LogP) is 14.4. The van der Waals surface area contributed by atoms with Crippen LogP contribution in [0, 0.1) is 0 Å². The van der Waals surface area contributed by atoms with Gasteiger partial charge in [-0.05, 0) is 70.6 Å². The molecule has 504 valence electrons. The zero-order chi connectivity index (χ0) is 63.1. The van der Waals surface area contributed by atoms with Crippen molar-refractivity contribution in [2.24, 2.45) is 0 Å². The Morgan fingerprint density at radius 3 is 1.22 bits per heavy atom. The van der Waals surface area contributed by atoms with Crippen LogP contribution in [-0.2, 0) is 23.7 Å². The van der Waals surface area contributed by atoms with E-state index in [9.17, 15) is 45.6 Å². The number of carbonyl (C=O) groups is 1. The van der Waals surface area contributed by atoms with Gasteiger partial charge in [-0.25, -0.2) is 0 Å². The molecule has 0 spiro atoms. The number of aliphatic hydroxyl groups is 8. The molecule has 0 aromatic carbocycles. The van der Waals surface area contributed by atoms with E-state index in [0.717, 1.165) is 83.5 Å². The number of carbonyl (C=O) groups excluding carboxylic acids is 1. The summed E-state index contributed by atoms with van der Waals surface area (Å²) in [5.41, 5.74) is 0. The summed E-state index contributed by atoms with van der Waals surface area (Å²) in [5.74, 6) is -0.264. The van der Waals surface area contributed by atoms with Gasteiger partial charge in [-0.1, -0.05) is 285 Å². The molecule has 0 aromatic rings. The van der Waals surface area contributed by atoms with Crippen LogP contribution in [0.25, 0.3) is 0 Å². The molecule has 0 bridgehead atoms. The van der Waals surface area contributed by atoms with Crippen LogP contribution in [0.1, 0.15) is 277 Å². The van der Waals surface area contributed by atoms with Gasteiger partial charge in [-0.15, -0.1) is 0 Å². The van der Waals surface area contributed by atoms with Crippen LogP contribution in [0.5, 0.6) is 0 Å². The fourth-order valence-corrected chi connectivity index (χ4v) is 11.2. The Labute approximate surface area is 529 Å². The highest BCUT2D eigenvalue weighted by Crippen LogP contribution is 2.30. The molecule has 1 amide bonds. The third-order valence-electron chi connectivity index (χ3n) is 16.8. The molecular formula is C73H129NO13. The SMILES string of the molecule is CC/C=C\C/C=C\C/C=C\C/C=C\C/C=C\C/C=C\CCCCCCC(=O)NC(COC1OC(CO)C(OC2OC(CO)C(O)C(O)C2O)C(O)C1O)C(O)/C=C/CCCCCCCCCCCCCCCCCCCCCCCCCCCCCC. The lowest BCUT2D eigenvalue weighted by Crippen LogP contribution is -2.65. The highest BCUT2D eigenvalue weighted by atomic mass is 16.7. The van der Waals surface area contributed by atoms with Gasteiger partial charge in [0.15, 0.2) is 12.6 Å². The molecule has 2 saturated heterocycles. The summed E-state index contributed by atoms with van der Waals surface area (Å²) in [6, 6.07) is -0.936. The molecule has 2 rings (SSSR count). The standard InChI is InChI=1S/C73H129NO13/c1-3-5-7-9-11-13-15-17-19-21-23-25-27-28-29-30-31-32-33-35-36-38-40-42-44-46-48-50-52-54-56-62(77)61(60-84-72-70(83)68(81)71(64(59-76)86-72)87-73-69(82)67(80)66(79)63(58-75)85-73)74-65(78)57-55-53-51-49-47-45-43-41-39-37-34-26-24-22-20-18-16-14-12-10-8-6-4-2/h6,8,12,14,18,20,24,26,37,39,43,45,54,56,61-64,66-73,75-77,79-83H,3-5,7,9-11,13,15-17,19,21-23,25,27-36,38,40-42,44,46-53,55,57-60H2,1-2H3,(H,74,78)/b8-6-,14-12-,20-18-,26-24-,39-37-,45-43-,56-54+. The molecule has 2 heterocycles. The van der Waals surface area contributed by atoms with Crippen LogP contribution in [0.2, 0.25) is 0 Å². The smallest absolute Gasteiger partial charge is 0.220 e. The molecule has 14 nitrogen and oxygen atoms in total. The van der Waals surface area contributed by atoms with Gasteiger partial charge in [0.1, 0.15) is 48.8 Å². The lowest BCUT2D eigenvalue weighted by molar-refractivity contribution is -0.359. The lowest BCUT2D eigenvalue weighted by atomic mass is 9.97. The van der Waals surface area contributed by atoms with Crippen LogP contribution < -0.4 is 5.32 Å². The first-order valence-electron chi connectivity index (χ1n) is 35.3. The van der Waals surface area contributed by atoms with Crippen LogP contribution in [0.3, 0.4) is 0 Å². The summed E-state index contributed by atoms with van der Waals surface area (Å²) in [6.45, 7) is 2.69. The second kappa shape index (κ2) is 57.1. The van der Waals surface area contributed by atoms with Crippen molar-refractivity contribution < 1.29 is 64.6 Å².